The number of likely N-dealkylation sites (tertiary alicyclic amines) is 1. The Labute approximate surface area is 123 Å². The van der Waals surface area contributed by atoms with Crippen LogP contribution >= 0.6 is 0 Å². The third-order valence-electron chi connectivity index (χ3n) is 3.69. The lowest BCUT2D eigenvalue weighted by molar-refractivity contribution is -0.130. The van der Waals surface area contributed by atoms with Gasteiger partial charge in [0.25, 0.3) is 5.91 Å². The van der Waals surface area contributed by atoms with E-state index in [1.54, 1.807) is 0 Å². The quantitative estimate of drug-likeness (QED) is 0.885. The molecule has 0 aliphatic carbocycles. The van der Waals surface area contributed by atoms with Gasteiger partial charge in [-0.05, 0) is 37.0 Å². The first kappa shape index (κ1) is 15.3. The fourth-order valence-electron chi connectivity index (χ4n) is 2.53. The van der Waals surface area contributed by atoms with Gasteiger partial charge >= 0.3 is 0 Å². The summed E-state index contributed by atoms with van der Waals surface area (Å²) in [6.07, 6.45) is 2.17. The average molecular weight is 293 g/mol. The summed E-state index contributed by atoms with van der Waals surface area (Å²) < 4.78 is 13.3. The van der Waals surface area contributed by atoms with Crippen molar-refractivity contribution in [3.63, 3.8) is 0 Å². The number of amides is 2. The van der Waals surface area contributed by atoms with Gasteiger partial charge in [0, 0.05) is 18.8 Å². The lowest BCUT2D eigenvalue weighted by Crippen LogP contribution is -2.41. The normalized spacial score (nSPS) is 18.4. The summed E-state index contributed by atoms with van der Waals surface area (Å²) in [5.41, 5.74) is 5.41. The number of benzene rings is 1. The van der Waals surface area contributed by atoms with Gasteiger partial charge < -0.3 is 16.0 Å². The zero-order chi connectivity index (χ0) is 15.4. The summed E-state index contributed by atoms with van der Waals surface area (Å²) in [6, 6.07) is 3.97. The zero-order valence-electron chi connectivity index (χ0n) is 12.1. The molecule has 0 saturated carbocycles. The smallest absolute Gasteiger partial charge is 0.251 e. The predicted molar refractivity (Wildman–Crippen MR) is 78.4 cm³/mol. The Hall–Kier alpha value is -2.11. The number of hydrogen-bond acceptors (Lipinski definition) is 3. The second-order valence-electron chi connectivity index (χ2n) is 5.50. The first-order chi connectivity index (χ1) is 9.97. The van der Waals surface area contributed by atoms with E-state index >= 15 is 0 Å². The standard InChI is InChI=1S/C15H20FN3O2/c1-10-3-2-6-19(9-10)14(20)8-18-11-4-5-13(16)12(7-11)15(17)21/h4-5,7,10,18H,2-3,6,8-9H2,1H3,(H2,17,21). The van der Waals surface area contributed by atoms with Crippen molar-refractivity contribution >= 4 is 17.5 Å². The van der Waals surface area contributed by atoms with Gasteiger partial charge in [-0.25, -0.2) is 4.39 Å². The average Bonchev–Trinajstić information content (AvgIpc) is 2.45. The molecule has 1 fully saturated rings. The monoisotopic (exact) mass is 293 g/mol. The number of carbonyl (C=O) groups is 2. The number of nitrogens with one attached hydrogen (secondary N) is 1. The van der Waals surface area contributed by atoms with Gasteiger partial charge in [0.1, 0.15) is 5.82 Å². The van der Waals surface area contributed by atoms with E-state index in [9.17, 15) is 14.0 Å². The molecule has 0 spiro atoms. The Morgan fingerprint density at radius 2 is 2.24 bits per heavy atom. The van der Waals surface area contributed by atoms with Crippen LogP contribution < -0.4 is 11.1 Å². The molecule has 1 aliphatic rings. The maximum atomic E-state index is 13.3. The van der Waals surface area contributed by atoms with Crippen molar-refractivity contribution in [2.24, 2.45) is 11.7 Å². The predicted octanol–water partition coefficient (Wildman–Crippen LogP) is 1.59. The highest BCUT2D eigenvalue weighted by molar-refractivity contribution is 5.94. The molecule has 1 heterocycles. The lowest BCUT2D eigenvalue weighted by atomic mass is 10.0. The summed E-state index contributed by atoms with van der Waals surface area (Å²) in [5.74, 6) is -0.960. The Bertz CT molecular complexity index is 548. The minimum Gasteiger partial charge on any atom is -0.376 e. The number of anilines is 1. The second-order valence-corrected chi connectivity index (χ2v) is 5.50. The number of hydrogen-bond donors (Lipinski definition) is 2. The summed E-state index contributed by atoms with van der Waals surface area (Å²) in [7, 11) is 0. The molecule has 1 atom stereocenters. The molecule has 114 valence electrons. The largest absolute Gasteiger partial charge is 0.376 e. The van der Waals surface area contributed by atoms with Crippen molar-refractivity contribution in [1.29, 1.82) is 0 Å². The molecule has 0 aromatic heterocycles. The van der Waals surface area contributed by atoms with Crippen LogP contribution in [-0.4, -0.2) is 36.3 Å². The number of nitrogens with zero attached hydrogens (tertiary/aromatic N) is 1. The van der Waals surface area contributed by atoms with E-state index in [2.05, 4.69) is 12.2 Å². The third-order valence-corrected chi connectivity index (χ3v) is 3.69. The molecule has 2 amide bonds. The molecule has 21 heavy (non-hydrogen) atoms. The second kappa shape index (κ2) is 6.56. The molecule has 0 bridgehead atoms. The van der Waals surface area contributed by atoms with Gasteiger partial charge in [0.05, 0.1) is 12.1 Å². The van der Waals surface area contributed by atoms with Crippen molar-refractivity contribution in [2.75, 3.05) is 25.0 Å². The number of primary amides is 1. The highest BCUT2D eigenvalue weighted by Crippen LogP contribution is 2.17. The Balaban J connectivity index is 1.95. The van der Waals surface area contributed by atoms with Gasteiger partial charge in [-0.3, -0.25) is 9.59 Å². The molecule has 0 radical (unpaired) electrons. The molecular weight excluding hydrogens is 273 g/mol. The highest BCUT2D eigenvalue weighted by Gasteiger charge is 2.20. The van der Waals surface area contributed by atoms with E-state index in [0.717, 1.165) is 32.0 Å². The zero-order valence-corrected chi connectivity index (χ0v) is 12.1. The first-order valence-corrected chi connectivity index (χ1v) is 7.08. The van der Waals surface area contributed by atoms with E-state index in [1.165, 1.54) is 12.1 Å². The molecule has 1 aromatic carbocycles. The van der Waals surface area contributed by atoms with Crippen LogP contribution in [0.2, 0.25) is 0 Å². The number of piperidine rings is 1. The minimum absolute atomic E-state index is 0.00602. The van der Waals surface area contributed by atoms with E-state index in [1.807, 2.05) is 4.90 Å². The molecule has 1 aliphatic heterocycles. The van der Waals surface area contributed by atoms with Crippen LogP contribution in [-0.2, 0) is 4.79 Å². The van der Waals surface area contributed by atoms with Crippen molar-refractivity contribution in [3.05, 3.63) is 29.6 Å². The number of nitrogens with two attached hydrogens (primary N) is 1. The maximum absolute atomic E-state index is 13.3. The van der Waals surface area contributed by atoms with E-state index in [4.69, 9.17) is 5.73 Å². The molecule has 1 aromatic rings. The summed E-state index contributed by atoms with van der Waals surface area (Å²) in [5, 5.41) is 2.91. The number of halogens is 1. The summed E-state index contributed by atoms with van der Waals surface area (Å²) >= 11 is 0. The Morgan fingerprint density at radius 1 is 1.48 bits per heavy atom. The third kappa shape index (κ3) is 3.93. The van der Waals surface area contributed by atoms with Crippen LogP contribution in [0.1, 0.15) is 30.1 Å². The van der Waals surface area contributed by atoms with E-state index in [0.29, 0.717) is 11.6 Å². The molecule has 2 rings (SSSR count). The van der Waals surface area contributed by atoms with Crippen molar-refractivity contribution < 1.29 is 14.0 Å². The van der Waals surface area contributed by atoms with Crippen LogP contribution in [0.15, 0.2) is 18.2 Å². The van der Waals surface area contributed by atoms with Gasteiger partial charge in [-0.15, -0.1) is 0 Å². The highest BCUT2D eigenvalue weighted by atomic mass is 19.1. The molecule has 1 saturated heterocycles. The lowest BCUT2D eigenvalue weighted by Gasteiger charge is -2.31. The van der Waals surface area contributed by atoms with E-state index in [-0.39, 0.29) is 18.0 Å². The molecule has 1 unspecified atom stereocenters. The summed E-state index contributed by atoms with van der Waals surface area (Å²) in [6.45, 7) is 3.81. The number of carbonyl (C=O) groups excluding carboxylic acids is 2. The van der Waals surface area contributed by atoms with Crippen LogP contribution in [0.25, 0.3) is 0 Å². The molecule has 6 heteroatoms. The Kier molecular flexibility index (Phi) is 4.77. The molecule has 5 nitrogen and oxygen atoms in total. The van der Waals surface area contributed by atoms with Gasteiger partial charge in [0.15, 0.2) is 0 Å². The van der Waals surface area contributed by atoms with Crippen molar-refractivity contribution in [2.45, 2.75) is 19.8 Å². The van der Waals surface area contributed by atoms with Crippen LogP contribution in [0.3, 0.4) is 0 Å². The fourth-order valence-corrected chi connectivity index (χ4v) is 2.53. The van der Waals surface area contributed by atoms with Crippen LogP contribution in [0, 0.1) is 11.7 Å². The first-order valence-electron chi connectivity index (χ1n) is 7.08. The van der Waals surface area contributed by atoms with Crippen molar-refractivity contribution in [3.8, 4) is 0 Å². The van der Waals surface area contributed by atoms with E-state index < -0.39 is 11.7 Å². The van der Waals surface area contributed by atoms with Crippen molar-refractivity contribution in [1.82, 2.24) is 4.90 Å². The molecule has 3 N–H and O–H groups in total. The maximum Gasteiger partial charge on any atom is 0.251 e. The molecular formula is C15H20FN3O2. The van der Waals surface area contributed by atoms with Gasteiger partial charge in [-0.2, -0.15) is 0 Å². The van der Waals surface area contributed by atoms with Gasteiger partial charge in [-0.1, -0.05) is 6.92 Å². The van der Waals surface area contributed by atoms with Crippen LogP contribution in [0.5, 0.6) is 0 Å². The van der Waals surface area contributed by atoms with Gasteiger partial charge in [0.2, 0.25) is 5.91 Å². The Morgan fingerprint density at radius 3 is 2.90 bits per heavy atom. The summed E-state index contributed by atoms with van der Waals surface area (Å²) in [4.78, 5) is 25.0. The fraction of sp³-hybridized carbons (Fsp3) is 0.467. The minimum atomic E-state index is -0.827. The SMILES string of the molecule is CC1CCCN(C(=O)CNc2ccc(F)c(C(N)=O)c2)C1. The number of rotatable bonds is 4. The topological polar surface area (TPSA) is 75.4 Å². The van der Waals surface area contributed by atoms with Crippen LogP contribution in [0.4, 0.5) is 10.1 Å².